The van der Waals surface area contributed by atoms with Gasteiger partial charge in [0, 0.05) is 24.7 Å². The van der Waals surface area contributed by atoms with Crippen molar-refractivity contribution in [3.05, 3.63) is 30.1 Å². The number of nitrogens with one attached hydrogen (secondary N) is 1. The van der Waals surface area contributed by atoms with Gasteiger partial charge in [0.2, 0.25) is 0 Å². The van der Waals surface area contributed by atoms with Gasteiger partial charge in [-0.05, 0) is 36.3 Å². The molecular formula is C13H17F3N2OS. The highest BCUT2D eigenvalue weighted by molar-refractivity contribution is 7.99. The van der Waals surface area contributed by atoms with Gasteiger partial charge in [-0.1, -0.05) is 0 Å². The van der Waals surface area contributed by atoms with Crippen LogP contribution in [0.15, 0.2) is 24.5 Å². The summed E-state index contributed by atoms with van der Waals surface area (Å²) in [6, 6.07) is 1.49. The number of rotatable bonds is 5. The zero-order valence-corrected chi connectivity index (χ0v) is 11.7. The van der Waals surface area contributed by atoms with E-state index in [0.29, 0.717) is 17.7 Å². The SMILES string of the molecule is O[C@]1(CN[C@@H](Cc2ccncc2)C(F)(F)F)CCSC1. The lowest BCUT2D eigenvalue weighted by molar-refractivity contribution is -0.157. The molecule has 3 nitrogen and oxygen atoms in total. The summed E-state index contributed by atoms with van der Waals surface area (Å²) in [6.07, 6.45) is -1.01. The second kappa shape index (κ2) is 6.32. The van der Waals surface area contributed by atoms with Crippen molar-refractivity contribution in [3.8, 4) is 0 Å². The monoisotopic (exact) mass is 306 g/mol. The maximum absolute atomic E-state index is 13.0. The summed E-state index contributed by atoms with van der Waals surface area (Å²) < 4.78 is 39.1. The molecule has 0 saturated carbocycles. The van der Waals surface area contributed by atoms with Crippen molar-refractivity contribution in [1.29, 1.82) is 0 Å². The third-order valence-electron chi connectivity index (χ3n) is 3.34. The smallest absolute Gasteiger partial charge is 0.388 e. The summed E-state index contributed by atoms with van der Waals surface area (Å²) >= 11 is 1.56. The average molecular weight is 306 g/mol. The minimum Gasteiger partial charge on any atom is -0.388 e. The van der Waals surface area contributed by atoms with Gasteiger partial charge in [0.15, 0.2) is 0 Å². The Morgan fingerprint density at radius 2 is 2.10 bits per heavy atom. The Balaban J connectivity index is 1.97. The molecule has 0 amide bonds. The quantitative estimate of drug-likeness (QED) is 0.873. The Bertz CT molecular complexity index is 421. The molecule has 2 rings (SSSR count). The molecule has 1 aromatic rings. The van der Waals surface area contributed by atoms with E-state index < -0.39 is 17.8 Å². The Morgan fingerprint density at radius 3 is 2.65 bits per heavy atom. The number of hydrogen-bond acceptors (Lipinski definition) is 4. The van der Waals surface area contributed by atoms with Crippen molar-refractivity contribution in [2.75, 3.05) is 18.1 Å². The fraction of sp³-hybridized carbons (Fsp3) is 0.615. The molecule has 1 fully saturated rings. The van der Waals surface area contributed by atoms with E-state index in [9.17, 15) is 18.3 Å². The van der Waals surface area contributed by atoms with Gasteiger partial charge in [0.25, 0.3) is 0 Å². The van der Waals surface area contributed by atoms with Crippen LogP contribution < -0.4 is 5.32 Å². The fourth-order valence-corrected chi connectivity index (χ4v) is 3.40. The summed E-state index contributed by atoms with van der Waals surface area (Å²) in [7, 11) is 0. The van der Waals surface area contributed by atoms with Gasteiger partial charge in [-0.15, -0.1) is 0 Å². The summed E-state index contributed by atoms with van der Waals surface area (Å²) in [5, 5.41) is 12.6. The average Bonchev–Trinajstić information content (AvgIpc) is 2.82. The molecule has 2 N–H and O–H groups in total. The van der Waals surface area contributed by atoms with Crippen LogP contribution in [0, 0.1) is 0 Å². The van der Waals surface area contributed by atoms with Crippen LogP contribution in [0.1, 0.15) is 12.0 Å². The Hall–Kier alpha value is -0.790. The number of alkyl halides is 3. The van der Waals surface area contributed by atoms with Crippen molar-refractivity contribution in [3.63, 3.8) is 0 Å². The fourth-order valence-electron chi connectivity index (χ4n) is 2.11. The van der Waals surface area contributed by atoms with E-state index >= 15 is 0 Å². The summed E-state index contributed by atoms with van der Waals surface area (Å²) in [5.74, 6) is 1.28. The largest absolute Gasteiger partial charge is 0.404 e. The highest BCUT2D eigenvalue weighted by atomic mass is 32.2. The molecule has 1 aliphatic heterocycles. The van der Waals surface area contributed by atoms with E-state index in [0.717, 1.165) is 5.75 Å². The lowest BCUT2D eigenvalue weighted by Crippen LogP contribution is -2.51. The molecule has 0 aromatic carbocycles. The van der Waals surface area contributed by atoms with Crippen molar-refractivity contribution in [2.45, 2.75) is 30.7 Å². The van der Waals surface area contributed by atoms with E-state index in [1.807, 2.05) is 0 Å². The van der Waals surface area contributed by atoms with Crippen molar-refractivity contribution in [2.24, 2.45) is 0 Å². The molecule has 0 bridgehead atoms. The van der Waals surface area contributed by atoms with Gasteiger partial charge in [-0.2, -0.15) is 24.9 Å². The zero-order chi connectivity index (χ0) is 14.6. The third-order valence-corrected chi connectivity index (χ3v) is 4.58. The molecule has 7 heteroatoms. The molecule has 1 aliphatic rings. The first kappa shape index (κ1) is 15.6. The van der Waals surface area contributed by atoms with Crippen molar-refractivity contribution in [1.82, 2.24) is 10.3 Å². The molecule has 112 valence electrons. The van der Waals surface area contributed by atoms with E-state index in [2.05, 4.69) is 10.3 Å². The van der Waals surface area contributed by atoms with Crippen LogP contribution >= 0.6 is 11.8 Å². The highest BCUT2D eigenvalue weighted by Crippen LogP contribution is 2.29. The second-order valence-electron chi connectivity index (χ2n) is 5.06. The number of thioether (sulfide) groups is 1. The first-order valence-corrected chi connectivity index (χ1v) is 7.54. The molecule has 0 spiro atoms. The molecule has 0 aliphatic carbocycles. The molecule has 2 atom stereocenters. The zero-order valence-electron chi connectivity index (χ0n) is 10.9. The molecule has 0 unspecified atom stereocenters. The van der Waals surface area contributed by atoms with Gasteiger partial charge in [-0.3, -0.25) is 4.98 Å². The first-order valence-electron chi connectivity index (χ1n) is 6.38. The van der Waals surface area contributed by atoms with Crippen LogP contribution in [0.4, 0.5) is 13.2 Å². The predicted molar refractivity (Wildman–Crippen MR) is 72.7 cm³/mol. The van der Waals surface area contributed by atoms with Gasteiger partial charge in [0.05, 0.1) is 5.60 Å². The third kappa shape index (κ3) is 4.36. The van der Waals surface area contributed by atoms with Crippen LogP contribution in [0.25, 0.3) is 0 Å². The van der Waals surface area contributed by atoms with Crippen molar-refractivity contribution >= 4 is 11.8 Å². The standard InChI is InChI=1S/C13H17F3N2OS/c14-13(15,16)11(7-10-1-4-17-5-2-10)18-8-12(19)3-6-20-9-12/h1-2,4-5,11,18-19H,3,6-9H2/t11-,12-/m0/s1. The molecule has 20 heavy (non-hydrogen) atoms. The Kier molecular flexibility index (Phi) is 4.93. The summed E-state index contributed by atoms with van der Waals surface area (Å²) in [5.41, 5.74) is -0.450. The van der Waals surface area contributed by atoms with E-state index in [1.165, 1.54) is 12.4 Å². The lowest BCUT2D eigenvalue weighted by Gasteiger charge is -2.27. The lowest BCUT2D eigenvalue weighted by atomic mass is 10.0. The number of nitrogens with zero attached hydrogens (tertiary/aromatic N) is 1. The maximum Gasteiger partial charge on any atom is 0.404 e. The molecule has 1 saturated heterocycles. The number of aliphatic hydroxyl groups is 1. The van der Waals surface area contributed by atoms with Gasteiger partial charge >= 0.3 is 6.18 Å². The Labute approximate surface area is 120 Å². The number of aromatic nitrogens is 1. The van der Waals surface area contributed by atoms with Crippen LogP contribution in [0.5, 0.6) is 0 Å². The number of pyridine rings is 1. The minimum absolute atomic E-state index is 0.0325. The summed E-state index contributed by atoms with van der Waals surface area (Å²) in [4.78, 5) is 3.79. The first-order chi connectivity index (χ1) is 9.39. The Morgan fingerprint density at radius 1 is 1.40 bits per heavy atom. The van der Waals surface area contributed by atoms with Crippen LogP contribution in [-0.4, -0.2) is 46.0 Å². The van der Waals surface area contributed by atoms with Gasteiger partial charge in [-0.25, -0.2) is 0 Å². The highest BCUT2D eigenvalue weighted by Gasteiger charge is 2.41. The topological polar surface area (TPSA) is 45.1 Å². The van der Waals surface area contributed by atoms with Crippen LogP contribution in [0.3, 0.4) is 0 Å². The van der Waals surface area contributed by atoms with Gasteiger partial charge in [0.1, 0.15) is 6.04 Å². The molecule has 0 radical (unpaired) electrons. The normalized spacial score (nSPS) is 24.8. The second-order valence-corrected chi connectivity index (χ2v) is 6.17. The maximum atomic E-state index is 13.0. The van der Waals surface area contributed by atoms with E-state index in [4.69, 9.17) is 0 Å². The summed E-state index contributed by atoms with van der Waals surface area (Å²) in [6.45, 7) is -0.0325. The van der Waals surface area contributed by atoms with Crippen LogP contribution in [0.2, 0.25) is 0 Å². The van der Waals surface area contributed by atoms with Crippen LogP contribution in [-0.2, 0) is 6.42 Å². The minimum atomic E-state index is -4.34. The van der Waals surface area contributed by atoms with Crippen molar-refractivity contribution < 1.29 is 18.3 Å². The van der Waals surface area contributed by atoms with E-state index in [-0.39, 0.29) is 13.0 Å². The molecule has 1 aromatic heterocycles. The molecule has 2 heterocycles. The predicted octanol–water partition coefficient (Wildman–Crippen LogP) is 2.01. The number of hydrogen-bond donors (Lipinski definition) is 2. The van der Waals surface area contributed by atoms with E-state index in [1.54, 1.807) is 23.9 Å². The number of halogens is 3. The van der Waals surface area contributed by atoms with Gasteiger partial charge < -0.3 is 10.4 Å². The molecular weight excluding hydrogens is 289 g/mol.